The third-order valence-electron chi connectivity index (χ3n) is 4.50. The van der Waals surface area contributed by atoms with E-state index in [0.717, 1.165) is 21.4 Å². The number of hydrogen-bond acceptors (Lipinski definition) is 6. The molecule has 3 N–H and O–H groups in total. The topological polar surface area (TPSA) is 83.0 Å². The maximum atomic E-state index is 9.66. The second-order valence-electron chi connectivity index (χ2n) is 6.89. The zero-order valence-electron chi connectivity index (χ0n) is 16.1. The molecule has 0 radical (unpaired) electrons. The van der Waals surface area contributed by atoms with Crippen LogP contribution in [0.1, 0.15) is 19.4 Å². The number of anilines is 3. The van der Waals surface area contributed by atoms with E-state index < -0.39 is 0 Å². The molecule has 146 valence electrons. The molecule has 28 heavy (non-hydrogen) atoms. The molecular weight excluding hydrogens is 418 g/mol. The van der Waals surface area contributed by atoms with Gasteiger partial charge in [-0.25, -0.2) is 4.98 Å². The largest absolute Gasteiger partial charge is 0.394 e. The lowest BCUT2D eigenvalue weighted by Gasteiger charge is -2.21. The van der Waals surface area contributed by atoms with Gasteiger partial charge >= 0.3 is 0 Å². The highest BCUT2D eigenvalue weighted by Crippen LogP contribution is 2.28. The average Bonchev–Trinajstić information content (AvgIpc) is 2.70. The minimum Gasteiger partial charge on any atom is -0.394 e. The number of benzene rings is 1. The highest BCUT2D eigenvalue weighted by Gasteiger charge is 2.15. The van der Waals surface area contributed by atoms with Crippen LogP contribution in [0.4, 0.5) is 17.5 Å². The molecule has 3 rings (SSSR count). The molecule has 0 amide bonds. The zero-order valence-corrected chi connectivity index (χ0v) is 17.7. The molecule has 2 heterocycles. The number of pyridine rings is 1. The van der Waals surface area contributed by atoms with Crippen LogP contribution >= 0.6 is 15.9 Å². The van der Waals surface area contributed by atoms with Crippen molar-refractivity contribution in [1.82, 2.24) is 15.0 Å². The normalized spacial score (nSPS) is 12.1. The van der Waals surface area contributed by atoms with Crippen molar-refractivity contribution in [2.24, 2.45) is 5.92 Å². The Morgan fingerprint density at radius 2 is 1.89 bits per heavy atom. The SMILES string of the molecule is Cc1c(Br)cccc1Nc1cc(-c2ccccn2)nc(N[C@H](CO)C(C)C)n1. The molecule has 0 bridgehead atoms. The Morgan fingerprint density at radius 3 is 2.57 bits per heavy atom. The first kappa shape index (κ1) is 20.2. The molecule has 7 heteroatoms. The third-order valence-corrected chi connectivity index (χ3v) is 5.36. The molecular formula is C21H24BrN5O. The van der Waals surface area contributed by atoms with Crippen LogP contribution in [0.5, 0.6) is 0 Å². The molecule has 0 aliphatic rings. The van der Waals surface area contributed by atoms with Gasteiger partial charge in [0.25, 0.3) is 0 Å². The van der Waals surface area contributed by atoms with Crippen molar-refractivity contribution >= 4 is 33.4 Å². The number of aliphatic hydroxyl groups is 1. The summed E-state index contributed by atoms with van der Waals surface area (Å²) >= 11 is 3.56. The van der Waals surface area contributed by atoms with Crippen LogP contribution in [0.3, 0.4) is 0 Å². The van der Waals surface area contributed by atoms with Crippen molar-refractivity contribution in [3.05, 3.63) is 58.7 Å². The Bertz CT molecular complexity index is 933. The summed E-state index contributed by atoms with van der Waals surface area (Å²) in [6.07, 6.45) is 1.74. The smallest absolute Gasteiger partial charge is 0.225 e. The predicted octanol–water partition coefficient (Wildman–Crippen LogP) is 4.78. The molecule has 1 atom stereocenters. The molecule has 0 saturated heterocycles. The molecule has 0 unspecified atom stereocenters. The van der Waals surface area contributed by atoms with Crippen molar-refractivity contribution in [2.45, 2.75) is 26.8 Å². The van der Waals surface area contributed by atoms with Gasteiger partial charge in [-0.1, -0.05) is 41.9 Å². The Labute approximate surface area is 173 Å². The van der Waals surface area contributed by atoms with Gasteiger partial charge in [0.2, 0.25) is 5.95 Å². The number of rotatable bonds is 7. The van der Waals surface area contributed by atoms with Crippen LogP contribution in [-0.2, 0) is 0 Å². The average molecular weight is 442 g/mol. The van der Waals surface area contributed by atoms with E-state index >= 15 is 0 Å². The minimum absolute atomic E-state index is 0.00232. The van der Waals surface area contributed by atoms with E-state index in [1.807, 2.05) is 63.2 Å². The minimum atomic E-state index is -0.139. The molecule has 0 saturated carbocycles. The number of hydrogen-bond donors (Lipinski definition) is 3. The maximum absolute atomic E-state index is 9.66. The number of nitrogens with one attached hydrogen (secondary N) is 2. The summed E-state index contributed by atoms with van der Waals surface area (Å²) < 4.78 is 1.02. The van der Waals surface area contributed by atoms with E-state index in [0.29, 0.717) is 17.5 Å². The highest BCUT2D eigenvalue weighted by atomic mass is 79.9. The van der Waals surface area contributed by atoms with Crippen molar-refractivity contribution in [2.75, 3.05) is 17.2 Å². The summed E-state index contributed by atoms with van der Waals surface area (Å²) in [7, 11) is 0. The summed E-state index contributed by atoms with van der Waals surface area (Å²) in [5, 5.41) is 16.3. The van der Waals surface area contributed by atoms with E-state index in [4.69, 9.17) is 0 Å². The lowest BCUT2D eigenvalue weighted by Crippen LogP contribution is -2.30. The number of aromatic nitrogens is 3. The first-order valence-corrected chi connectivity index (χ1v) is 9.97. The van der Waals surface area contributed by atoms with Crippen LogP contribution < -0.4 is 10.6 Å². The van der Waals surface area contributed by atoms with Gasteiger partial charge in [-0.3, -0.25) is 4.98 Å². The van der Waals surface area contributed by atoms with E-state index in [1.54, 1.807) is 6.20 Å². The summed E-state index contributed by atoms with van der Waals surface area (Å²) in [6.45, 7) is 6.12. The molecule has 0 aliphatic heterocycles. The van der Waals surface area contributed by atoms with Gasteiger partial charge in [-0.15, -0.1) is 0 Å². The summed E-state index contributed by atoms with van der Waals surface area (Å²) in [6, 6.07) is 13.4. The summed E-state index contributed by atoms with van der Waals surface area (Å²) in [5.41, 5.74) is 3.50. The number of aliphatic hydroxyl groups excluding tert-OH is 1. The van der Waals surface area contributed by atoms with E-state index in [1.165, 1.54) is 0 Å². The Hall–Kier alpha value is -2.51. The van der Waals surface area contributed by atoms with Gasteiger partial charge in [0.1, 0.15) is 5.82 Å². The predicted molar refractivity (Wildman–Crippen MR) is 117 cm³/mol. The Morgan fingerprint density at radius 1 is 1.07 bits per heavy atom. The van der Waals surface area contributed by atoms with Gasteiger partial charge in [0.05, 0.1) is 24.0 Å². The fourth-order valence-corrected chi connectivity index (χ4v) is 3.06. The van der Waals surface area contributed by atoms with Crippen LogP contribution in [0.15, 0.2) is 53.1 Å². The van der Waals surface area contributed by atoms with Crippen LogP contribution in [-0.4, -0.2) is 32.7 Å². The van der Waals surface area contributed by atoms with Crippen LogP contribution in [0.25, 0.3) is 11.4 Å². The first-order valence-electron chi connectivity index (χ1n) is 9.18. The van der Waals surface area contributed by atoms with Gasteiger partial charge in [0, 0.05) is 22.4 Å². The lowest BCUT2D eigenvalue weighted by atomic mass is 10.1. The molecule has 0 aliphatic carbocycles. The molecule has 1 aromatic carbocycles. The first-order chi connectivity index (χ1) is 13.5. The third kappa shape index (κ3) is 4.85. The Kier molecular flexibility index (Phi) is 6.59. The summed E-state index contributed by atoms with van der Waals surface area (Å²) in [4.78, 5) is 13.6. The molecule has 0 spiro atoms. The zero-order chi connectivity index (χ0) is 20.1. The fourth-order valence-electron chi connectivity index (χ4n) is 2.69. The lowest BCUT2D eigenvalue weighted by molar-refractivity contribution is 0.248. The fraction of sp³-hybridized carbons (Fsp3) is 0.286. The number of halogens is 1. The van der Waals surface area contributed by atoms with Crippen LogP contribution in [0.2, 0.25) is 0 Å². The van der Waals surface area contributed by atoms with Gasteiger partial charge < -0.3 is 15.7 Å². The second kappa shape index (κ2) is 9.12. The van der Waals surface area contributed by atoms with Crippen molar-refractivity contribution in [3.63, 3.8) is 0 Å². The standard InChI is InChI=1S/C21H24BrN5O/c1-13(2)19(12-28)26-21-25-18(17-8-4-5-10-23-17)11-20(27-21)24-16-9-6-7-15(22)14(16)3/h4-11,13,19,28H,12H2,1-3H3,(H2,24,25,26,27)/t19-/m1/s1. The maximum Gasteiger partial charge on any atom is 0.225 e. The number of nitrogens with zero attached hydrogens (tertiary/aromatic N) is 3. The molecule has 0 fully saturated rings. The Balaban J connectivity index is 2.00. The highest BCUT2D eigenvalue weighted by molar-refractivity contribution is 9.10. The van der Waals surface area contributed by atoms with E-state index in [2.05, 4.69) is 41.5 Å². The van der Waals surface area contributed by atoms with Crippen molar-refractivity contribution in [3.8, 4) is 11.4 Å². The van der Waals surface area contributed by atoms with E-state index in [9.17, 15) is 5.11 Å². The molecule has 6 nitrogen and oxygen atoms in total. The van der Waals surface area contributed by atoms with E-state index in [-0.39, 0.29) is 18.6 Å². The summed E-state index contributed by atoms with van der Waals surface area (Å²) in [5.74, 6) is 1.33. The quantitative estimate of drug-likeness (QED) is 0.489. The van der Waals surface area contributed by atoms with Crippen LogP contribution in [0, 0.1) is 12.8 Å². The molecule has 3 aromatic rings. The monoisotopic (exact) mass is 441 g/mol. The van der Waals surface area contributed by atoms with Gasteiger partial charge in [-0.05, 0) is 42.7 Å². The van der Waals surface area contributed by atoms with Crippen molar-refractivity contribution in [1.29, 1.82) is 0 Å². The van der Waals surface area contributed by atoms with Gasteiger partial charge in [-0.2, -0.15) is 4.98 Å². The van der Waals surface area contributed by atoms with Crippen molar-refractivity contribution < 1.29 is 5.11 Å². The second-order valence-corrected chi connectivity index (χ2v) is 7.75. The van der Waals surface area contributed by atoms with Gasteiger partial charge in [0.15, 0.2) is 0 Å². The molecule has 2 aromatic heterocycles.